The summed E-state index contributed by atoms with van der Waals surface area (Å²) in [6, 6.07) is 6.09. The molecule has 1 aliphatic rings. The van der Waals surface area contributed by atoms with Gasteiger partial charge in [0.05, 0.1) is 0 Å². The summed E-state index contributed by atoms with van der Waals surface area (Å²) in [4.78, 5) is 2.18. The molecule has 1 atom stereocenters. The van der Waals surface area contributed by atoms with Crippen molar-refractivity contribution in [3.63, 3.8) is 0 Å². The Hall–Kier alpha value is -0.100. The molecule has 1 aromatic carbocycles. The molecule has 0 bridgehead atoms. The van der Waals surface area contributed by atoms with Crippen LogP contribution in [0, 0.1) is 0 Å². The molecule has 0 aromatic heterocycles. The lowest BCUT2D eigenvalue weighted by molar-refractivity contribution is 0.334. The highest BCUT2D eigenvalue weighted by atomic mass is 79.9. The Morgan fingerprint density at radius 3 is 2.71 bits per heavy atom. The summed E-state index contributed by atoms with van der Waals surface area (Å²) in [5.74, 6) is 0.374. The molecule has 98 valence electrons. The Morgan fingerprint density at radius 1 is 1.35 bits per heavy atom. The predicted octanol–water partition coefficient (Wildman–Crippen LogP) is 2.30. The number of benzene rings is 1. The summed E-state index contributed by atoms with van der Waals surface area (Å²) in [5, 5.41) is 12.9. The van der Waals surface area contributed by atoms with E-state index in [0.29, 0.717) is 11.8 Å². The van der Waals surface area contributed by atoms with Crippen LogP contribution in [0.25, 0.3) is 0 Å². The van der Waals surface area contributed by atoms with Crippen molar-refractivity contribution in [1.29, 1.82) is 0 Å². The van der Waals surface area contributed by atoms with Crippen molar-refractivity contribution in [1.82, 2.24) is 10.2 Å². The van der Waals surface area contributed by atoms with Gasteiger partial charge in [0.1, 0.15) is 5.75 Å². The average Bonchev–Trinajstić information content (AvgIpc) is 2.16. The van der Waals surface area contributed by atoms with Gasteiger partial charge in [-0.2, -0.15) is 0 Å². The van der Waals surface area contributed by atoms with E-state index in [4.69, 9.17) is 0 Å². The second kappa shape index (κ2) is 7.36. The highest BCUT2D eigenvalue weighted by molar-refractivity contribution is 8.93. The zero-order chi connectivity index (χ0) is 10.8. The number of hydrogen-bond donors (Lipinski definition) is 2. The molecule has 0 radical (unpaired) electrons. The predicted molar refractivity (Wildman–Crippen MR) is 81.8 cm³/mol. The summed E-state index contributed by atoms with van der Waals surface area (Å²) in [7, 11) is 4.16. The van der Waals surface area contributed by atoms with Gasteiger partial charge in [0.25, 0.3) is 0 Å². The van der Waals surface area contributed by atoms with E-state index >= 15 is 0 Å². The third-order valence-corrected chi connectivity index (χ3v) is 2.83. The molecule has 1 unspecified atom stereocenters. The van der Waals surface area contributed by atoms with Gasteiger partial charge in [0.15, 0.2) is 0 Å². The maximum absolute atomic E-state index is 9.43. The third kappa shape index (κ3) is 4.25. The van der Waals surface area contributed by atoms with Crippen molar-refractivity contribution >= 4 is 34.0 Å². The highest BCUT2D eigenvalue weighted by Gasteiger charge is 2.19. The Bertz CT molecular complexity index is 358. The lowest BCUT2D eigenvalue weighted by atomic mass is 9.94. The minimum atomic E-state index is 0. The van der Waals surface area contributed by atoms with Crippen molar-refractivity contribution in [3.05, 3.63) is 29.3 Å². The number of halogens is 2. The number of aromatic hydroxyl groups is 1. The Labute approximate surface area is 124 Å². The first-order valence-corrected chi connectivity index (χ1v) is 5.37. The van der Waals surface area contributed by atoms with Crippen molar-refractivity contribution < 1.29 is 5.11 Å². The van der Waals surface area contributed by atoms with Crippen LogP contribution in [0.1, 0.15) is 17.2 Å². The number of fused-ring (bicyclic) bond motifs is 1. The number of nitrogens with one attached hydrogen (secondary N) is 1. The van der Waals surface area contributed by atoms with Crippen LogP contribution in [0.5, 0.6) is 5.75 Å². The molecule has 1 aliphatic heterocycles. The molecular weight excluding hydrogens is 348 g/mol. The van der Waals surface area contributed by atoms with Gasteiger partial charge in [-0.1, -0.05) is 6.07 Å². The zero-order valence-corrected chi connectivity index (χ0v) is 13.6. The van der Waals surface area contributed by atoms with Crippen LogP contribution in [-0.2, 0) is 6.42 Å². The normalized spacial score (nSPS) is 17.9. The molecule has 0 amide bonds. The van der Waals surface area contributed by atoms with E-state index in [1.807, 2.05) is 12.1 Å². The van der Waals surface area contributed by atoms with Gasteiger partial charge in [-0.3, -0.25) is 0 Å². The molecule has 0 fully saturated rings. The topological polar surface area (TPSA) is 35.5 Å². The lowest BCUT2D eigenvalue weighted by Gasteiger charge is -2.29. The van der Waals surface area contributed by atoms with Gasteiger partial charge in [0, 0.05) is 12.6 Å². The maximum Gasteiger partial charge on any atom is 0.115 e. The standard InChI is InChI=1S/C12H18N2O.2BrH/c1-14(2)8-12-11-4-3-10(15)7-9(11)5-6-13-12;;/h3-4,7,12-13,15H,5-6,8H2,1-2H3;2*1H. The van der Waals surface area contributed by atoms with Crippen LogP contribution in [0.2, 0.25) is 0 Å². The van der Waals surface area contributed by atoms with Crippen LogP contribution in [0.15, 0.2) is 18.2 Å². The fraction of sp³-hybridized carbons (Fsp3) is 0.500. The first-order valence-electron chi connectivity index (χ1n) is 5.37. The second-order valence-electron chi connectivity index (χ2n) is 4.40. The van der Waals surface area contributed by atoms with E-state index in [0.717, 1.165) is 19.5 Å². The Kier molecular flexibility index (Phi) is 7.32. The molecule has 2 rings (SSSR count). The van der Waals surface area contributed by atoms with Gasteiger partial charge in [-0.25, -0.2) is 0 Å². The van der Waals surface area contributed by atoms with Crippen LogP contribution in [0.4, 0.5) is 0 Å². The molecule has 1 heterocycles. The van der Waals surface area contributed by atoms with Crippen LogP contribution in [0.3, 0.4) is 0 Å². The van der Waals surface area contributed by atoms with E-state index in [-0.39, 0.29) is 34.0 Å². The van der Waals surface area contributed by atoms with Crippen molar-refractivity contribution in [3.8, 4) is 5.75 Å². The van der Waals surface area contributed by atoms with Crippen molar-refractivity contribution in [2.75, 3.05) is 27.2 Å². The quantitative estimate of drug-likeness (QED) is 0.841. The number of likely N-dealkylation sites (N-methyl/N-ethyl adjacent to an activating group) is 1. The van der Waals surface area contributed by atoms with E-state index in [1.165, 1.54) is 11.1 Å². The van der Waals surface area contributed by atoms with E-state index in [1.54, 1.807) is 6.07 Å². The SMILES string of the molecule is Br.Br.CN(C)CC1NCCc2cc(O)ccc21. The minimum Gasteiger partial charge on any atom is -0.508 e. The summed E-state index contributed by atoms with van der Waals surface area (Å²) in [6.07, 6.45) is 1.01. The van der Waals surface area contributed by atoms with Gasteiger partial charge >= 0.3 is 0 Å². The molecule has 5 heteroatoms. The summed E-state index contributed by atoms with van der Waals surface area (Å²) in [6.45, 7) is 1.99. The third-order valence-electron chi connectivity index (χ3n) is 2.83. The van der Waals surface area contributed by atoms with Gasteiger partial charge < -0.3 is 15.3 Å². The maximum atomic E-state index is 9.43. The zero-order valence-electron chi connectivity index (χ0n) is 10.1. The number of hydrogen-bond acceptors (Lipinski definition) is 3. The largest absolute Gasteiger partial charge is 0.508 e. The first kappa shape index (κ1) is 16.9. The number of nitrogens with zero attached hydrogens (tertiary/aromatic N) is 1. The van der Waals surface area contributed by atoms with Crippen molar-refractivity contribution in [2.45, 2.75) is 12.5 Å². The molecule has 2 N–H and O–H groups in total. The molecular formula is C12H20Br2N2O. The number of rotatable bonds is 2. The van der Waals surface area contributed by atoms with Crippen molar-refractivity contribution in [2.24, 2.45) is 0 Å². The van der Waals surface area contributed by atoms with Gasteiger partial charge in [-0.15, -0.1) is 34.0 Å². The smallest absolute Gasteiger partial charge is 0.115 e. The van der Waals surface area contributed by atoms with Gasteiger partial charge in [0.2, 0.25) is 0 Å². The molecule has 0 saturated heterocycles. The highest BCUT2D eigenvalue weighted by Crippen LogP contribution is 2.26. The molecule has 0 saturated carbocycles. The van der Waals surface area contributed by atoms with E-state index < -0.39 is 0 Å². The first-order chi connectivity index (χ1) is 7.16. The van der Waals surface area contributed by atoms with Crippen LogP contribution in [-0.4, -0.2) is 37.2 Å². The molecule has 3 nitrogen and oxygen atoms in total. The van der Waals surface area contributed by atoms with Crippen LogP contribution >= 0.6 is 34.0 Å². The minimum absolute atomic E-state index is 0. The molecule has 1 aromatic rings. The van der Waals surface area contributed by atoms with E-state index in [2.05, 4.69) is 24.3 Å². The molecule has 17 heavy (non-hydrogen) atoms. The lowest BCUT2D eigenvalue weighted by Crippen LogP contribution is -2.36. The van der Waals surface area contributed by atoms with Crippen LogP contribution < -0.4 is 5.32 Å². The molecule has 0 spiro atoms. The molecule has 0 aliphatic carbocycles. The second-order valence-corrected chi connectivity index (χ2v) is 4.40. The van der Waals surface area contributed by atoms with E-state index in [9.17, 15) is 5.11 Å². The number of phenolic OH excluding ortho intramolecular Hbond substituents is 1. The Balaban J connectivity index is 0.00000128. The summed E-state index contributed by atoms with van der Waals surface area (Å²) >= 11 is 0. The average molecular weight is 368 g/mol. The Morgan fingerprint density at radius 2 is 2.06 bits per heavy atom. The number of phenols is 1. The summed E-state index contributed by atoms with van der Waals surface area (Å²) in [5.41, 5.74) is 2.60. The van der Waals surface area contributed by atoms with Gasteiger partial charge in [-0.05, 0) is 50.3 Å². The fourth-order valence-electron chi connectivity index (χ4n) is 2.17. The fourth-order valence-corrected chi connectivity index (χ4v) is 2.17. The summed E-state index contributed by atoms with van der Waals surface area (Å²) < 4.78 is 0. The monoisotopic (exact) mass is 366 g/mol.